The summed E-state index contributed by atoms with van der Waals surface area (Å²) in [6.45, 7) is 1.62. The molecule has 0 unspecified atom stereocenters. The van der Waals surface area contributed by atoms with Crippen molar-refractivity contribution in [3.05, 3.63) is 83.2 Å². The lowest BCUT2D eigenvalue weighted by atomic mass is 10.2. The van der Waals surface area contributed by atoms with Crippen LogP contribution in [0.4, 0.5) is 5.69 Å². The number of anilines is 1. The summed E-state index contributed by atoms with van der Waals surface area (Å²) in [6, 6.07) is 13.7. The van der Waals surface area contributed by atoms with Crippen LogP contribution in [0.2, 0.25) is 5.02 Å². The van der Waals surface area contributed by atoms with Crippen molar-refractivity contribution in [3.63, 3.8) is 0 Å². The maximum absolute atomic E-state index is 12.4. The molecular weight excluding hydrogens is 432 g/mol. The van der Waals surface area contributed by atoms with Crippen molar-refractivity contribution < 1.29 is 23.8 Å². The number of pyridine rings is 1. The molecule has 0 aliphatic rings. The highest BCUT2D eigenvalue weighted by Crippen LogP contribution is 2.30. The predicted octanol–water partition coefficient (Wildman–Crippen LogP) is 4.90. The molecule has 0 fully saturated rings. The number of benzene rings is 2. The molecule has 0 saturated carbocycles. The molecule has 0 saturated heterocycles. The van der Waals surface area contributed by atoms with Crippen molar-refractivity contribution in [2.24, 2.45) is 0 Å². The lowest BCUT2D eigenvalue weighted by molar-refractivity contribution is -0.132. The van der Waals surface area contributed by atoms with Crippen molar-refractivity contribution in [2.45, 2.75) is 13.5 Å². The van der Waals surface area contributed by atoms with Crippen LogP contribution in [0.1, 0.15) is 18.1 Å². The van der Waals surface area contributed by atoms with Crippen LogP contribution in [0.3, 0.4) is 0 Å². The molecule has 2 aromatic carbocycles. The number of nitrogens with one attached hydrogen (secondary N) is 1. The van der Waals surface area contributed by atoms with Gasteiger partial charge in [-0.3, -0.25) is 14.6 Å². The largest absolute Gasteiger partial charge is 0.493 e. The first-order valence-corrected chi connectivity index (χ1v) is 9.99. The average Bonchev–Trinajstić information content (AvgIpc) is 2.78. The third kappa shape index (κ3) is 6.58. The van der Waals surface area contributed by atoms with Crippen LogP contribution in [-0.2, 0) is 16.2 Å². The monoisotopic (exact) mass is 452 g/mol. The highest BCUT2D eigenvalue weighted by Gasteiger charge is 2.08. The molecule has 0 bridgehead atoms. The van der Waals surface area contributed by atoms with E-state index < -0.39 is 5.97 Å². The molecule has 0 atom stereocenters. The normalized spacial score (nSPS) is 10.6. The summed E-state index contributed by atoms with van der Waals surface area (Å²) in [5, 5.41) is 3.20. The Kier molecular flexibility index (Phi) is 7.83. The first-order chi connectivity index (χ1) is 15.4. The van der Waals surface area contributed by atoms with Gasteiger partial charge in [-0.05, 0) is 53.6 Å². The standard InChI is InChI=1S/C24H21ClN2O5/c1-16(28)32-23-13-17(3-7-21(23)30-2)4-8-24(29)27-19-5-6-20(25)22(14-19)31-15-18-9-11-26-12-10-18/h3-14H,15H2,1-2H3,(H,27,29)/b8-4+. The Hall–Kier alpha value is -3.84. The van der Waals surface area contributed by atoms with Crippen LogP contribution in [0, 0.1) is 0 Å². The molecule has 8 heteroatoms. The summed E-state index contributed by atoms with van der Waals surface area (Å²) in [5.74, 6) is 0.328. The van der Waals surface area contributed by atoms with E-state index in [9.17, 15) is 9.59 Å². The zero-order chi connectivity index (χ0) is 22.9. The van der Waals surface area contributed by atoms with Crippen LogP contribution in [0.15, 0.2) is 67.0 Å². The zero-order valence-electron chi connectivity index (χ0n) is 17.5. The Labute approximate surface area is 190 Å². The van der Waals surface area contributed by atoms with Crippen LogP contribution < -0.4 is 19.5 Å². The maximum atomic E-state index is 12.4. The number of carbonyl (C=O) groups excluding carboxylic acids is 2. The molecule has 164 valence electrons. The highest BCUT2D eigenvalue weighted by atomic mass is 35.5. The highest BCUT2D eigenvalue weighted by molar-refractivity contribution is 6.32. The number of halogens is 1. The Balaban J connectivity index is 1.65. The SMILES string of the molecule is COc1ccc(/C=C/C(=O)Nc2ccc(Cl)c(OCc3ccncc3)c2)cc1OC(C)=O. The minimum absolute atomic E-state index is 0.274. The van der Waals surface area contributed by atoms with E-state index in [2.05, 4.69) is 10.3 Å². The third-order valence-corrected chi connectivity index (χ3v) is 4.52. The maximum Gasteiger partial charge on any atom is 0.308 e. The molecule has 1 heterocycles. The van der Waals surface area contributed by atoms with Gasteiger partial charge in [0.05, 0.1) is 12.1 Å². The van der Waals surface area contributed by atoms with Crippen LogP contribution in [0.5, 0.6) is 17.2 Å². The van der Waals surface area contributed by atoms with E-state index in [0.717, 1.165) is 5.56 Å². The van der Waals surface area contributed by atoms with Crippen molar-refractivity contribution >= 4 is 35.2 Å². The average molecular weight is 453 g/mol. The number of esters is 1. The molecule has 0 spiro atoms. The second-order valence-corrected chi connectivity index (χ2v) is 7.02. The molecule has 3 aromatic rings. The van der Waals surface area contributed by atoms with Gasteiger partial charge in [0.1, 0.15) is 12.4 Å². The first kappa shape index (κ1) is 22.8. The molecule has 0 aliphatic heterocycles. The van der Waals surface area contributed by atoms with Crippen LogP contribution >= 0.6 is 11.6 Å². The van der Waals surface area contributed by atoms with E-state index in [1.165, 1.54) is 20.1 Å². The summed E-state index contributed by atoms with van der Waals surface area (Å²) in [5.41, 5.74) is 2.14. The summed E-state index contributed by atoms with van der Waals surface area (Å²) in [4.78, 5) is 27.6. The van der Waals surface area contributed by atoms with E-state index in [1.807, 2.05) is 12.1 Å². The predicted molar refractivity (Wildman–Crippen MR) is 122 cm³/mol. The minimum atomic E-state index is -0.466. The summed E-state index contributed by atoms with van der Waals surface area (Å²) in [7, 11) is 1.48. The molecule has 1 N–H and O–H groups in total. The lowest BCUT2D eigenvalue weighted by Gasteiger charge is -2.10. The molecule has 0 aliphatic carbocycles. The van der Waals surface area contributed by atoms with E-state index in [4.69, 9.17) is 25.8 Å². The van der Waals surface area contributed by atoms with Crippen molar-refractivity contribution in [2.75, 3.05) is 12.4 Å². The fourth-order valence-electron chi connectivity index (χ4n) is 2.72. The van der Waals surface area contributed by atoms with Gasteiger partial charge in [0.25, 0.3) is 0 Å². The van der Waals surface area contributed by atoms with Gasteiger partial charge in [-0.25, -0.2) is 0 Å². The van der Waals surface area contributed by atoms with Crippen LogP contribution in [-0.4, -0.2) is 24.0 Å². The number of hydrogen-bond acceptors (Lipinski definition) is 6. The Morgan fingerprint density at radius 1 is 1.03 bits per heavy atom. The minimum Gasteiger partial charge on any atom is -0.493 e. The number of amides is 1. The second-order valence-electron chi connectivity index (χ2n) is 6.62. The number of carbonyl (C=O) groups is 2. The number of nitrogens with zero attached hydrogens (tertiary/aromatic N) is 1. The van der Waals surface area contributed by atoms with Gasteiger partial charge in [-0.1, -0.05) is 17.7 Å². The van der Waals surface area contributed by atoms with Crippen molar-refractivity contribution in [1.82, 2.24) is 4.98 Å². The zero-order valence-corrected chi connectivity index (χ0v) is 18.3. The van der Waals surface area contributed by atoms with Gasteiger partial charge < -0.3 is 19.5 Å². The molecule has 7 nitrogen and oxygen atoms in total. The second kappa shape index (κ2) is 11.0. The Bertz CT molecular complexity index is 1130. The Morgan fingerprint density at radius 2 is 1.81 bits per heavy atom. The summed E-state index contributed by atoms with van der Waals surface area (Å²) < 4.78 is 16.1. The molecule has 3 rings (SSSR count). The van der Waals surface area contributed by atoms with E-state index in [1.54, 1.807) is 54.9 Å². The summed E-state index contributed by atoms with van der Waals surface area (Å²) >= 11 is 6.21. The van der Waals surface area contributed by atoms with E-state index >= 15 is 0 Å². The third-order valence-electron chi connectivity index (χ3n) is 4.21. The van der Waals surface area contributed by atoms with E-state index in [0.29, 0.717) is 34.4 Å². The van der Waals surface area contributed by atoms with Crippen molar-refractivity contribution in [1.29, 1.82) is 0 Å². The number of aromatic nitrogens is 1. The van der Waals surface area contributed by atoms with Gasteiger partial charge in [-0.2, -0.15) is 0 Å². The smallest absolute Gasteiger partial charge is 0.308 e. The van der Waals surface area contributed by atoms with Gasteiger partial charge in [-0.15, -0.1) is 0 Å². The Morgan fingerprint density at radius 3 is 2.53 bits per heavy atom. The number of rotatable bonds is 8. The fraction of sp³-hybridized carbons (Fsp3) is 0.125. The lowest BCUT2D eigenvalue weighted by Crippen LogP contribution is -2.08. The number of hydrogen-bond donors (Lipinski definition) is 1. The summed E-state index contributed by atoms with van der Waals surface area (Å²) in [6.07, 6.45) is 6.33. The van der Waals surface area contributed by atoms with Crippen LogP contribution in [0.25, 0.3) is 6.08 Å². The van der Waals surface area contributed by atoms with Gasteiger partial charge in [0, 0.05) is 37.1 Å². The van der Waals surface area contributed by atoms with Gasteiger partial charge in [0.2, 0.25) is 5.91 Å². The molecule has 1 aromatic heterocycles. The molecule has 1 amide bonds. The van der Waals surface area contributed by atoms with Crippen molar-refractivity contribution in [3.8, 4) is 17.2 Å². The number of methoxy groups -OCH3 is 1. The topological polar surface area (TPSA) is 86.8 Å². The quantitative estimate of drug-likeness (QED) is 0.297. The first-order valence-electron chi connectivity index (χ1n) is 9.61. The van der Waals surface area contributed by atoms with Gasteiger partial charge in [0.15, 0.2) is 11.5 Å². The molecular formula is C24H21ClN2O5. The molecule has 32 heavy (non-hydrogen) atoms. The number of ether oxygens (including phenoxy) is 3. The fourth-order valence-corrected chi connectivity index (χ4v) is 2.89. The van der Waals surface area contributed by atoms with Gasteiger partial charge >= 0.3 is 5.97 Å². The van der Waals surface area contributed by atoms with E-state index in [-0.39, 0.29) is 11.7 Å². The molecule has 0 radical (unpaired) electrons.